The summed E-state index contributed by atoms with van der Waals surface area (Å²) in [7, 11) is 0. The van der Waals surface area contributed by atoms with Crippen LogP contribution in [0.25, 0.3) is 0 Å². The van der Waals surface area contributed by atoms with E-state index < -0.39 is 58.6 Å². The minimum Gasteiger partial charge on any atom is -0.508 e. The average Bonchev–Trinajstić information content (AvgIpc) is 2.96. The fraction of sp³-hybridized carbons (Fsp3) is 0.235. The molecule has 0 saturated carbocycles. The number of rotatable bonds is 5. The zero-order valence-corrected chi connectivity index (χ0v) is 23.7. The Bertz CT molecular complexity index is 1760. The Hall–Kier alpha value is -5.06. The number of aliphatic hydroxyl groups is 2. The summed E-state index contributed by atoms with van der Waals surface area (Å²) in [6, 6.07) is 10.1. The van der Waals surface area contributed by atoms with Crippen molar-refractivity contribution in [2.75, 3.05) is 0 Å². The predicted octanol–water partition coefficient (Wildman–Crippen LogP) is 4.86. The van der Waals surface area contributed by atoms with Gasteiger partial charge in [0, 0.05) is 24.0 Å². The summed E-state index contributed by atoms with van der Waals surface area (Å²) in [4.78, 5) is 27.7. The van der Waals surface area contributed by atoms with Gasteiger partial charge in [-0.2, -0.15) is 0 Å². The number of hydrogen-bond acceptors (Lipinski definition) is 10. The van der Waals surface area contributed by atoms with E-state index in [1.54, 1.807) is 13.8 Å². The molecule has 4 atom stereocenters. The Morgan fingerprint density at radius 1 is 0.500 bits per heavy atom. The van der Waals surface area contributed by atoms with Crippen LogP contribution >= 0.6 is 0 Å². The average molecular weight is 599 g/mol. The molecule has 226 valence electrons. The Labute approximate surface area is 251 Å². The zero-order valence-electron chi connectivity index (χ0n) is 23.7. The maximum atomic E-state index is 13.9. The highest BCUT2D eigenvalue weighted by Crippen LogP contribution is 2.57. The van der Waals surface area contributed by atoms with Crippen molar-refractivity contribution in [2.45, 2.75) is 50.7 Å². The molecule has 4 unspecified atom stereocenters. The molecule has 0 saturated heterocycles. The van der Waals surface area contributed by atoms with Crippen LogP contribution in [0.15, 0.2) is 48.5 Å². The van der Waals surface area contributed by atoms with Crippen LogP contribution in [0.5, 0.6) is 34.5 Å². The van der Waals surface area contributed by atoms with Crippen LogP contribution in [0.1, 0.15) is 116 Å². The molecule has 10 heteroatoms. The van der Waals surface area contributed by atoms with Gasteiger partial charge in [-0.25, -0.2) is 0 Å². The highest BCUT2D eigenvalue weighted by Gasteiger charge is 2.46. The lowest BCUT2D eigenvalue weighted by molar-refractivity contribution is 0.101. The number of phenolic OH excluding ortho intramolecular Hbond substituents is 6. The molecule has 0 aliphatic heterocycles. The van der Waals surface area contributed by atoms with Crippen molar-refractivity contribution >= 4 is 11.6 Å². The number of fused-ring (bicyclic) bond motifs is 4. The second-order valence-corrected chi connectivity index (χ2v) is 11.3. The molecule has 44 heavy (non-hydrogen) atoms. The van der Waals surface area contributed by atoms with Crippen molar-refractivity contribution in [1.29, 1.82) is 0 Å². The number of carbonyl (C=O) groups excluding carboxylic acids is 2. The number of aliphatic hydroxyl groups excluding tert-OH is 2. The molecular formula is C34H30O10. The van der Waals surface area contributed by atoms with E-state index in [9.17, 15) is 50.4 Å². The summed E-state index contributed by atoms with van der Waals surface area (Å²) in [6.45, 7) is 3.45. The van der Waals surface area contributed by atoms with E-state index in [-0.39, 0.29) is 80.0 Å². The van der Waals surface area contributed by atoms with E-state index in [1.165, 1.54) is 36.4 Å². The highest BCUT2D eigenvalue weighted by molar-refractivity contribution is 6.18. The van der Waals surface area contributed by atoms with Gasteiger partial charge in [0.25, 0.3) is 0 Å². The maximum absolute atomic E-state index is 13.9. The lowest BCUT2D eigenvalue weighted by atomic mass is 9.63. The Morgan fingerprint density at radius 2 is 0.795 bits per heavy atom. The van der Waals surface area contributed by atoms with Gasteiger partial charge in [-0.3, -0.25) is 9.59 Å². The molecule has 0 spiro atoms. The monoisotopic (exact) mass is 598 g/mol. The molecule has 2 aliphatic carbocycles. The molecular weight excluding hydrogens is 568 g/mol. The van der Waals surface area contributed by atoms with E-state index in [0.717, 1.165) is 12.1 Å². The van der Waals surface area contributed by atoms with Crippen LogP contribution in [0.2, 0.25) is 0 Å². The van der Waals surface area contributed by atoms with Crippen LogP contribution in [-0.4, -0.2) is 52.4 Å². The maximum Gasteiger partial charge on any atom is 0.201 e. The molecule has 10 nitrogen and oxygen atoms in total. The Morgan fingerprint density at radius 3 is 1.11 bits per heavy atom. The summed E-state index contributed by atoms with van der Waals surface area (Å²) in [5.74, 6) is -6.56. The van der Waals surface area contributed by atoms with Gasteiger partial charge < -0.3 is 40.9 Å². The van der Waals surface area contributed by atoms with Gasteiger partial charge in [0.2, 0.25) is 11.6 Å². The molecule has 0 aromatic heterocycles. The van der Waals surface area contributed by atoms with Crippen molar-refractivity contribution in [3.8, 4) is 34.5 Å². The Balaban J connectivity index is 1.79. The molecule has 0 amide bonds. The van der Waals surface area contributed by atoms with Crippen molar-refractivity contribution in [1.82, 2.24) is 0 Å². The van der Waals surface area contributed by atoms with Crippen LogP contribution in [0.4, 0.5) is 0 Å². The van der Waals surface area contributed by atoms with E-state index in [1.807, 2.05) is 0 Å². The standard InChI is InChI=1S/C34H30O10/c1-3-21(37)13-5-17-27(19-9-15(35)11-25(41)31(19)33(43)29(17)23(39)7-13)28-18-6-14(22(38)4-2)8-24(40)30(18)34(44)32-20(28)10-16(36)12-26(32)42/h5-12,21-22,27-28,35-42H,3-4H2,1-2H3. The van der Waals surface area contributed by atoms with E-state index in [4.69, 9.17) is 0 Å². The molecule has 4 aromatic carbocycles. The summed E-state index contributed by atoms with van der Waals surface area (Å²) >= 11 is 0. The summed E-state index contributed by atoms with van der Waals surface area (Å²) in [5.41, 5.74) is 0.283. The first kappa shape index (κ1) is 29.0. The lowest BCUT2D eigenvalue weighted by Crippen LogP contribution is -2.30. The zero-order chi connectivity index (χ0) is 31.8. The van der Waals surface area contributed by atoms with Gasteiger partial charge in [-0.1, -0.05) is 26.0 Å². The van der Waals surface area contributed by atoms with Crippen LogP contribution < -0.4 is 0 Å². The van der Waals surface area contributed by atoms with Crippen LogP contribution in [0, 0.1) is 0 Å². The normalized spacial score (nSPS) is 18.2. The molecule has 0 radical (unpaired) electrons. The molecule has 0 bridgehead atoms. The quantitative estimate of drug-likeness (QED) is 0.157. The van der Waals surface area contributed by atoms with E-state index in [2.05, 4.69) is 0 Å². The first-order chi connectivity index (χ1) is 20.9. The molecule has 4 aromatic rings. The molecule has 0 fully saturated rings. The van der Waals surface area contributed by atoms with E-state index >= 15 is 0 Å². The fourth-order valence-corrected chi connectivity index (χ4v) is 6.74. The second-order valence-electron chi connectivity index (χ2n) is 11.3. The minimum absolute atomic E-state index is 0.0996. The van der Waals surface area contributed by atoms with Gasteiger partial charge in [0.1, 0.15) is 34.5 Å². The van der Waals surface area contributed by atoms with Crippen molar-refractivity contribution in [3.05, 3.63) is 104 Å². The first-order valence-electron chi connectivity index (χ1n) is 14.2. The van der Waals surface area contributed by atoms with Gasteiger partial charge in [-0.15, -0.1) is 0 Å². The number of ketones is 2. The van der Waals surface area contributed by atoms with Crippen molar-refractivity contribution < 1.29 is 50.4 Å². The molecule has 0 heterocycles. The van der Waals surface area contributed by atoms with Gasteiger partial charge in [0.05, 0.1) is 34.5 Å². The smallest absolute Gasteiger partial charge is 0.201 e. The second kappa shape index (κ2) is 10.3. The molecule has 8 N–H and O–H groups in total. The van der Waals surface area contributed by atoms with Crippen molar-refractivity contribution in [3.63, 3.8) is 0 Å². The van der Waals surface area contributed by atoms with Crippen LogP contribution in [-0.2, 0) is 0 Å². The third-order valence-electron chi connectivity index (χ3n) is 8.73. The number of aromatic hydroxyl groups is 6. The predicted molar refractivity (Wildman–Crippen MR) is 157 cm³/mol. The Kier molecular flexibility index (Phi) is 6.79. The minimum atomic E-state index is -1.11. The third-order valence-corrected chi connectivity index (χ3v) is 8.73. The van der Waals surface area contributed by atoms with Gasteiger partial charge in [0.15, 0.2) is 0 Å². The van der Waals surface area contributed by atoms with Crippen molar-refractivity contribution in [2.24, 2.45) is 0 Å². The summed E-state index contributed by atoms with van der Waals surface area (Å²) < 4.78 is 0. The highest BCUT2D eigenvalue weighted by atomic mass is 16.3. The molecule has 2 aliphatic rings. The third kappa shape index (κ3) is 4.17. The number of carbonyl (C=O) groups is 2. The van der Waals surface area contributed by atoms with Gasteiger partial charge >= 0.3 is 0 Å². The van der Waals surface area contributed by atoms with Gasteiger partial charge in [-0.05, 0) is 70.5 Å². The SMILES string of the molecule is CCC(O)c1cc(O)c2c(c1)C(C1c3cc(O)cc(O)c3C(=O)c3c(O)cc(C(O)CC)cc31)c1cc(O)cc(O)c1C2=O. The summed E-state index contributed by atoms with van der Waals surface area (Å²) in [6.07, 6.45) is -1.52. The largest absolute Gasteiger partial charge is 0.508 e. The summed E-state index contributed by atoms with van der Waals surface area (Å²) in [5, 5.41) is 86.9. The number of benzene rings is 4. The topological polar surface area (TPSA) is 196 Å². The molecule has 6 rings (SSSR count). The fourth-order valence-electron chi connectivity index (χ4n) is 6.74. The van der Waals surface area contributed by atoms with Crippen LogP contribution in [0.3, 0.4) is 0 Å². The lowest BCUT2D eigenvalue weighted by Gasteiger charge is -2.39. The number of hydrogen-bond donors (Lipinski definition) is 8. The number of phenols is 6. The first-order valence-corrected chi connectivity index (χ1v) is 14.2. The van der Waals surface area contributed by atoms with E-state index in [0.29, 0.717) is 0 Å².